The van der Waals surface area contributed by atoms with Crippen LogP contribution in [0.5, 0.6) is 0 Å². The minimum Gasteiger partial charge on any atom is -0.479 e. The van der Waals surface area contributed by atoms with Crippen molar-refractivity contribution in [1.29, 1.82) is 0 Å². The number of carbonyl (C=O) groups excluding carboxylic acids is 2. The number of nitrogens with two attached hydrogens (primary N) is 7. The Labute approximate surface area is 827 Å². The van der Waals surface area contributed by atoms with E-state index >= 15 is 0 Å². The summed E-state index contributed by atoms with van der Waals surface area (Å²) in [6.45, 7) is 6.30. The number of aliphatic hydroxyl groups excluding tert-OH is 3. The number of halogens is 18. The number of primary amides is 2. The van der Waals surface area contributed by atoms with Crippen LogP contribution in [-0.2, 0) is 136 Å². The van der Waals surface area contributed by atoms with Crippen LogP contribution < -0.4 is 40.1 Å². The standard InChI is InChI=1S/2C19H21F5N4O2.2C19H22F3N5O2.C19H22F2N4O4/c2*20-11-1-2-14(21)13(3-11)18-15(25)4-12(9-30-18)27-5-10-6-28(26-16(10)7-27)8-17(29)19(22,23)24;20-13-5-15(22)14(21)4-12(13)19-16(23)3-11(9-29-19)26-6-10-7-27(2-1-18(24)28)25-17(10)8-26;20-13-5-15(22)14(21)4-12(13)19-16(23)3-11(9-29-19)26-7-10-6-25-27(17(10)8-26)2-1-18(24)28;20-11-1-2-14(21)13(3-11)18-15(22)4-12(9-29-18)24-5-10-6-25(23-16(10)7-24)8-17(26)19(27)28/h2*1-3,6,12,15,17-18,29H,4-5,7-9,25H2;4-5,7,11,16,19H,1-3,6,8-9,23H2,(H2,24,28);4-6,11,16,19H,1-3,7-9,23H2,(H2,24,28);1-3,6,12,15,17-18,26H,4-5,7-9,22H2,(H,27,28)/t12-,15+,17+,18-;12-,15+,17-,18-;2*11-,16+,19-;12-,15+,17+,18-/m11111/s1. The van der Waals surface area contributed by atoms with Gasteiger partial charge >= 0.3 is 18.3 Å². The van der Waals surface area contributed by atoms with Gasteiger partial charge in [0.1, 0.15) is 77.1 Å². The largest absolute Gasteiger partial charge is 0.479 e. The average Bonchev–Trinajstić information content (AvgIpc) is 1.66. The number of hydrogen-bond donors (Lipinski definition) is 11. The first-order valence-electron chi connectivity index (χ1n) is 47.1. The molecule has 5 aromatic heterocycles. The zero-order valence-corrected chi connectivity index (χ0v) is 78.5. The van der Waals surface area contributed by atoms with E-state index < -0.39 is 180 Å². The van der Waals surface area contributed by atoms with Gasteiger partial charge in [0.05, 0.1) is 93.9 Å². The zero-order valence-electron chi connectivity index (χ0n) is 78.5. The molecule has 5 saturated heterocycles. The molecule has 18 N–H and O–H groups in total. The van der Waals surface area contributed by atoms with Gasteiger partial charge in [-0.3, -0.25) is 57.5 Å². The van der Waals surface area contributed by atoms with Gasteiger partial charge in [0.25, 0.3) is 0 Å². The van der Waals surface area contributed by atoms with E-state index in [9.17, 15) is 109 Å². The lowest BCUT2D eigenvalue weighted by atomic mass is 9.93. The summed E-state index contributed by atoms with van der Waals surface area (Å²) in [4.78, 5) is 43.3. The van der Waals surface area contributed by atoms with Gasteiger partial charge in [0.2, 0.25) is 11.8 Å². The van der Waals surface area contributed by atoms with Crippen molar-refractivity contribution in [3.8, 4) is 0 Å². The molecule has 5 aromatic carbocycles. The number of ether oxygens (including phenoxy) is 5. The number of carbonyl (C=O) groups is 3. The van der Waals surface area contributed by atoms with E-state index in [1.807, 2.05) is 16.0 Å². The zero-order chi connectivity index (χ0) is 105. The van der Waals surface area contributed by atoms with Crippen molar-refractivity contribution in [3.63, 3.8) is 0 Å². The number of aliphatic carboxylic acids is 1. The summed E-state index contributed by atoms with van der Waals surface area (Å²) in [6.07, 6.45) is -8.30. The fourth-order valence-corrected chi connectivity index (χ4v) is 20.1. The molecule has 147 heavy (non-hydrogen) atoms. The summed E-state index contributed by atoms with van der Waals surface area (Å²) >= 11 is 0. The molecule has 0 spiro atoms. The number of nitrogens with zero attached hydrogens (tertiary/aromatic N) is 15. The van der Waals surface area contributed by atoms with E-state index in [-0.39, 0.29) is 109 Å². The maximum absolute atomic E-state index is 14.1. The Morgan fingerprint density at radius 2 is 0.633 bits per heavy atom. The normalized spacial score (nSPS) is 25.4. The smallest absolute Gasteiger partial charge is 0.416 e. The van der Waals surface area contributed by atoms with E-state index in [2.05, 4.69) is 40.2 Å². The summed E-state index contributed by atoms with van der Waals surface area (Å²) in [5.41, 5.74) is 50.3. The molecule has 20 rings (SSSR count). The minimum atomic E-state index is -4.70. The number of aliphatic hydroxyl groups is 3. The Morgan fingerprint density at radius 3 is 0.932 bits per heavy atom. The van der Waals surface area contributed by atoms with Crippen molar-refractivity contribution in [2.45, 2.75) is 265 Å². The molecule has 0 saturated carbocycles. The van der Waals surface area contributed by atoms with Crippen LogP contribution in [0, 0.1) is 69.8 Å². The number of aromatic nitrogens is 10. The van der Waals surface area contributed by atoms with Crippen molar-refractivity contribution in [1.82, 2.24) is 73.4 Å². The molecule has 52 heteroatoms. The van der Waals surface area contributed by atoms with Crippen LogP contribution >= 0.6 is 0 Å². The van der Waals surface area contributed by atoms with Crippen LogP contribution in [0.15, 0.2) is 110 Å². The third kappa shape index (κ3) is 25.7. The molecule has 15 heterocycles. The second kappa shape index (κ2) is 45.6. The van der Waals surface area contributed by atoms with Crippen molar-refractivity contribution in [3.05, 3.63) is 264 Å². The minimum absolute atomic E-state index is 0.00266. The van der Waals surface area contributed by atoms with Crippen molar-refractivity contribution in [2.75, 3.05) is 33.0 Å². The monoisotopic (exact) mass is 2090 g/mol. The van der Waals surface area contributed by atoms with Gasteiger partial charge in [-0.15, -0.1) is 0 Å². The van der Waals surface area contributed by atoms with Gasteiger partial charge in [-0.05, 0) is 98.8 Å². The van der Waals surface area contributed by atoms with Gasteiger partial charge in [-0.2, -0.15) is 51.8 Å². The highest BCUT2D eigenvalue weighted by Gasteiger charge is 2.47. The van der Waals surface area contributed by atoms with E-state index in [1.165, 1.54) is 17.1 Å². The molecule has 34 nitrogen and oxygen atoms in total. The molecule has 10 aliphatic heterocycles. The molecule has 5 fully saturated rings. The van der Waals surface area contributed by atoms with Crippen molar-refractivity contribution < 1.29 is 138 Å². The average molecular weight is 2090 g/mol. The Hall–Kier alpha value is -11.4. The highest BCUT2D eigenvalue weighted by molar-refractivity contribution is 5.74. The first-order valence-corrected chi connectivity index (χ1v) is 47.1. The Kier molecular flexibility index (Phi) is 33.6. The van der Waals surface area contributed by atoms with Crippen LogP contribution in [0.25, 0.3) is 0 Å². The third-order valence-electron chi connectivity index (χ3n) is 27.7. The Morgan fingerprint density at radius 1 is 0.354 bits per heavy atom. The molecular weight excluding hydrogens is 1980 g/mol. The predicted molar refractivity (Wildman–Crippen MR) is 480 cm³/mol. The van der Waals surface area contributed by atoms with Gasteiger partial charge in [-0.25, -0.2) is 57.5 Å². The van der Waals surface area contributed by atoms with Crippen LogP contribution in [0.2, 0.25) is 0 Å². The Bertz CT molecular complexity index is 6110. The summed E-state index contributed by atoms with van der Waals surface area (Å²) in [7, 11) is 0. The van der Waals surface area contributed by atoms with Crippen LogP contribution in [0.3, 0.4) is 0 Å². The third-order valence-corrected chi connectivity index (χ3v) is 27.7. The van der Waals surface area contributed by atoms with E-state index in [0.29, 0.717) is 147 Å². The number of carboxylic acids is 1. The fourth-order valence-electron chi connectivity index (χ4n) is 20.1. The fraction of sp³-hybridized carbons (Fsp3) is 0.495. The van der Waals surface area contributed by atoms with Crippen LogP contribution in [0.1, 0.15) is 160 Å². The van der Waals surface area contributed by atoms with Gasteiger partial charge in [0, 0.05) is 238 Å². The van der Waals surface area contributed by atoms with E-state index in [4.69, 9.17) is 68.9 Å². The Balaban J connectivity index is 0.000000131. The molecule has 18 atom stereocenters. The van der Waals surface area contributed by atoms with E-state index in [1.54, 1.807) is 21.8 Å². The molecular formula is C95H108F18N22O12. The number of fused-ring (bicyclic) bond motifs is 5. The number of amides is 2. The first-order chi connectivity index (χ1) is 69.7. The number of aryl methyl sites for hydroxylation is 2. The lowest BCUT2D eigenvalue weighted by molar-refractivity contribution is -0.208. The van der Waals surface area contributed by atoms with Crippen LogP contribution in [0.4, 0.5) is 79.0 Å². The number of rotatable bonds is 23. The number of alkyl halides is 6. The van der Waals surface area contributed by atoms with E-state index in [0.717, 1.165) is 121 Å². The first kappa shape index (κ1) is 108. The number of carboxylic acid groups (broad SMARTS) is 1. The summed E-state index contributed by atoms with van der Waals surface area (Å²) in [5.74, 6) is -11.9. The quantitative estimate of drug-likeness (QED) is 0.0213. The molecule has 0 bridgehead atoms. The lowest BCUT2D eigenvalue weighted by Crippen LogP contribution is -2.47. The SMILES string of the molecule is NC(=O)CCn1cc2c(n1)CN([C@H]1CO[C@H](c3cc(F)c(F)cc3F)[C@@H](N)C1)C2.NC(=O)CCn1ncc2c1CN([C@H]1CO[C@H](c3cc(F)c(F)cc3F)[C@@H](N)C1)C2.N[C@H]1C[C@@H](N2Cc3cn(C[C@@H](O)C(F)(F)F)nc3C2)CO[C@@H]1c1cc(F)ccc1F.N[C@H]1C[C@@H](N2Cc3cn(C[C@H](O)C(=O)O)nc3C2)CO[C@@H]1c1cc(F)ccc1F.N[C@H]1C[C@@H](N2Cc3cn(C[C@H](O)C(F)(F)F)nc3C2)CO[C@@H]1c1cc(F)ccc1F. The summed E-state index contributed by atoms with van der Waals surface area (Å²) in [5, 5.41) is 58.1. The molecule has 0 unspecified atom stereocenters. The second-order valence-corrected chi connectivity index (χ2v) is 38.2. The van der Waals surface area contributed by atoms with Crippen molar-refractivity contribution >= 4 is 17.8 Å². The summed E-state index contributed by atoms with van der Waals surface area (Å²) in [6, 6.07) is 9.37. The molecule has 796 valence electrons. The van der Waals surface area contributed by atoms with Gasteiger partial charge in [-0.1, -0.05) is 0 Å². The second-order valence-electron chi connectivity index (χ2n) is 38.2. The molecule has 2 amide bonds. The predicted octanol–water partition coefficient (Wildman–Crippen LogP) is 7.99. The highest BCUT2D eigenvalue weighted by atomic mass is 19.4. The summed E-state index contributed by atoms with van der Waals surface area (Å²) < 4.78 is 275. The highest BCUT2D eigenvalue weighted by Crippen LogP contribution is 2.43. The molecule has 10 aliphatic rings. The van der Waals surface area contributed by atoms with Gasteiger partial charge < -0.3 is 84.2 Å². The lowest BCUT2D eigenvalue weighted by Gasteiger charge is -2.38. The topological polar surface area (TPSA) is 466 Å². The van der Waals surface area contributed by atoms with Gasteiger partial charge in [0.15, 0.2) is 41.6 Å². The molecule has 0 aliphatic carbocycles. The van der Waals surface area contributed by atoms with Crippen molar-refractivity contribution in [2.24, 2.45) is 40.1 Å². The maximum atomic E-state index is 14.1. The molecule has 10 aromatic rings. The number of benzene rings is 5. The molecule has 0 radical (unpaired) electrons. The maximum Gasteiger partial charge on any atom is 0.416 e. The number of hydrogen-bond acceptors (Lipinski definition) is 26. The van der Waals surface area contributed by atoms with Crippen LogP contribution in [-0.4, -0.2) is 236 Å².